The Balaban J connectivity index is 1.73. The van der Waals surface area contributed by atoms with E-state index >= 15 is 0 Å². The predicted molar refractivity (Wildman–Crippen MR) is 270 cm³/mol. The van der Waals surface area contributed by atoms with Crippen molar-refractivity contribution in [3.05, 3.63) is 157 Å². The Morgan fingerprint density at radius 3 is 0.812 bits per heavy atom. The summed E-state index contributed by atoms with van der Waals surface area (Å²) in [6.45, 7) is 29.6. The van der Waals surface area contributed by atoms with Crippen LogP contribution in [0.3, 0.4) is 0 Å². The Hall–Kier alpha value is -5.05. The summed E-state index contributed by atoms with van der Waals surface area (Å²) < 4.78 is 0. The molecule has 6 rings (SSSR count). The highest BCUT2D eigenvalue weighted by Gasteiger charge is 2.28. The number of hydrogen-bond acceptors (Lipinski definition) is 7. The third-order valence-corrected chi connectivity index (χ3v) is 12.7. The Labute approximate surface area is 385 Å². The molecule has 0 unspecified atom stereocenters. The highest BCUT2D eigenvalue weighted by atomic mass is 15.1. The zero-order valence-corrected chi connectivity index (χ0v) is 41.0. The fourth-order valence-corrected chi connectivity index (χ4v) is 9.51. The zero-order chi connectivity index (χ0) is 46.4. The second-order valence-electron chi connectivity index (χ2n) is 19.6. The van der Waals surface area contributed by atoms with E-state index in [4.69, 9.17) is 32.2 Å². The van der Waals surface area contributed by atoms with Crippen molar-refractivity contribution in [2.24, 2.45) is 35.0 Å². The lowest BCUT2D eigenvalue weighted by Gasteiger charge is -2.32. The van der Waals surface area contributed by atoms with Crippen molar-refractivity contribution >= 4 is 0 Å². The number of benzene rings is 3. The lowest BCUT2D eigenvalue weighted by Crippen LogP contribution is -2.28. The lowest BCUT2D eigenvalue weighted by molar-refractivity contribution is 0.244. The third kappa shape index (κ3) is 11.1. The van der Waals surface area contributed by atoms with Gasteiger partial charge in [-0.1, -0.05) is 131 Å². The molecule has 3 aromatic carbocycles. The molecule has 64 heavy (non-hydrogen) atoms. The average Bonchev–Trinajstić information content (AvgIpc) is 3.23. The van der Waals surface area contributed by atoms with Crippen molar-refractivity contribution in [1.29, 1.82) is 0 Å². The first-order chi connectivity index (χ1) is 30.5. The Morgan fingerprint density at radius 1 is 0.375 bits per heavy atom. The van der Waals surface area contributed by atoms with E-state index in [1.165, 1.54) is 66.8 Å². The normalized spacial score (nSPS) is 11.9. The predicted octanol–water partition coefficient (Wildman–Crippen LogP) is 11.9. The number of nitrogens with zero attached hydrogens (tertiary/aromatic N) is 4. The van der Waals surface area contributed by atoms with Crippen molar-refractivity contribution in [3.8, 4) is 33.4 Å². The van der Waals surface area contributed by atoms with Gasteiger partial charge < -0.3 is 17.2 Å². The molecule has 0 saturated heterocycles. The lowest BCUT2D eigenvalue weighted by atomic mass is 9.87. The van der Waals surface area contributed by atoms with E-state index in [0.29, 0.717) is 57.0 Å². The molecule has 0 fully saturated rings. The minimum Gasteiger partial charge on any atom is -0.326 e. The van der Waals surface area contributed by atoms with Crippen LogP contribution in [-0.4, -0.2) is 19.9 Å². The molecule has 7 heteroatoms. The van der Waals surface area contributed by atoms with E-state index in [2.05, 4.69) is 161 Å². The SMILES string of the molecule is Cc1ccc(-c2c(CN)c(C)nc(CC(C)C)c2CN(Cc2c(CC(C)C)nc(C)c(CN)c2-c2ccc(C)cc2)Cc2c(CC(C)C)nc(C)c(CN)c2-c2ccc(C)cc2)cc1. The summed E-state index contributed by atoms with van der Waals surface area (Å²) in [5, 5.41) is 0. The summed E-state index contributed by atoms with van der Waals surface area (Å²) in [4.78, 5) is 18.9. The number of aromatic nitrogens is 3. The van der Waals surface area contributed by atoms with Crippen LogP contribution >= 0.6 is 0 Å². The van der Waals surface area contributed by atoms with Gasteiger partial charge in [-0.3, -0.25) is 19.9 Å². The maximum Gasteiger partial charge on any atom is 0.0460 e. The van der Waals surface area contributed by atoms with Crippen LogP contribution in [0, 0.1) is 59.3 Å². The molecule has 0 spiro atoms. The van der Waals surface area contributed by atoms with Gasteiger partial charge in [-0.25, -0.2) is 0 Å². The number of rotatable bonds is 18. The van der Waals surface area contributed by atoms with Crippen molar-refractivity contribution in [2.45, 2.75) is 142 Å². The van der Waals surface area contributed by atoms with E-state index < -0.39 is 0 Å². The molecule has 0 saturated carbocycles. The van der Waals surface area contributed by atoms with E-state index in [0.717, 1.165) is 70.1 Å². The maximum absolute atomic E-state index is 6.74. The number of aryl methyl sites for hydroxylation is 6. The van der Waals surface area contributed by atoms with E-state index in [-0.39, 0.29) is 0 Å². The molecule has 6 N–H and O–H groups in total. The van der Waals surface area contributed by atoms with Gasteiger partial charge in [0, 0.05) is 73.4 Å². The van der Waals surface area contributed by atoms with Gasteiger partial charge in [0.05, 0.1) is 0 Å². The Morgan fingerprint density at radius 2 is 0.609 bits per heavy atom. The van der Waals surface area contributed by atoms with E-state index in [1.54, 1.807) is 0 Å². The molecule has 0 aliphatic heterocycles. The number of nitrogens with two attached hydrogens (primary N) is 3. The van der Waals surface area contributed by atoms with Gasteiger partial charge >= 0.3 is 0 Å². The first-order valence-corrected chi connectivity index (χ1v) is 23.6. The average molecular weight is 858 g/mol. The van der Waals surface area contributed by atoms with Crippen LogP contribution in [0.2, 0.25) is 0 Å². The quantitative estimate of drug-likeness (QED) is 0.0787. The summed E-state index contributed by atoms with van der Waals surface area (Å²) in [6, 6.07) is 26.9. The molecule has 0 radical (unpaired) electrons. The van der Waals surface area contributed by atoms with Crippen LogP contribution in [0.4, 0.5) is 0 Å². The van der Waals surface area contributed by atoms with Gasteiger partial charge in [0.25, 0.3) is 0 Å². The standard InChI is InChI=1S/C57H75N7/c1-34(2)25-52-49(55(46(28-58)40(10)61-52)43-19-13-37(7)14-20-43)31-64(32-50-53(26-35(3)4)62-41(11)47(29-59)56(50)44-21-15-38(8)16-22-44)33-51-54(27-36(5)6)63-42(12)48(30-60)57(51)45-23-17-39(9)18-24-45/h13-24,34-36H,25-33,58-60H2,1-12H3. The van der Waals surface area contributed by atoms with Gasteiger partial charge in [-0.05, 0) is 145 Å². The third-order valence-electron chi connectivity index (χ3n) is 12.7. The molecular weight excluding hydrogens is 783 g/mol. The summed E-state index contributed by atoms with van der Waals surface area (Å²) in [7, 11) is 0. The van der Waals surface area contributed by atoms with Crippen LogP contribution in [0.5, 0.6) is 0 Å². The van der Waals surface area contributed by atoms with Crippen LogP contribution in [-0.2, 0) is 58.5 Å². The van der Waals surface area contributed by atoms with Gasteiger partial charge in [0.2, 0.25) is 0 Å². The minimum absolute atomic E-state index is 0.395. The monoisotopic (exact) mass is 858 g/mol. The summed E-state index contributed by atoms with van der Waals surface area (Å²) in [5.41, 5.74) is 44.3. The molecule has 0 aliphatic rings. The van der Waals surface area contributed by atoms with E-state index in [9.17, 15) is 0 Å². The van der Waals surface area contributed by atoms with Crippen LogP contribution in [0.25, 0.3) is 33.4 Å². The molecule has 7 nitrogen and oxygen atoms in total. The highest BCUT2D eigenvalue weighted by molar-refractivity contribution is 5.76. The van der Waals surface area contributed by atoms with Crippen molar-refractivity contribution < 1.29 is 0 Å². The minimum atomic E-state index is 0.395. The molecule has 338 valence electrons. The van der Waals surface area contributed by atoms with Crippen molar-refractivity contribution in [3.63, 3.8) is 0 Å². The molecule has 0 atom stereocenters. The van der Waals surface area contributed by atoms with Gasteiger partial charge in [0.15, 0.2) is 0 Å². The Bertz CT molecular complexity index is 2250. The smallest absolute Gasteiger partial charge is 0.0460 e. The van der Waals surface area contributed by atoms with Crippen LogP contribution < -0.4 is 17.2 Å². The second kappa shape index (κ2) is 21.3. The molecule has 3 aromatic heterocycles. The highest BCUT2D eigenvalue weighted by Crippen LogP contribution is 2.39. The van der Waals surface area contributed by atoms with Crippen LogP contribution in [0.1, 0.15) is 126 Å². The topological polar surface area (TPSA) is 120 Å². The van der Waals surface area contributed by atoms with Gasteiger partial charge in [0.1, 0.15) is 0 Å². The van der Waals surface area contributed by atoms with Crippen molar-refractivity contribution in [1.82, 2.24) is 19.9 Å². The van der Waals surface area contributed by atoms with Crippen LogP contribution in [0.15, 0.2) is 72.8 Å². The fourth-order valence-electron chi connectivity index (χ4n) is 9.51. The first-order valence-electron chi connectivity index (χ1n) is 23.6. The first kappa shape index (κ1) is 48.4. The molecule has 0 aliphatic carbocycles. The molecule has 6 aromatic rings. The zero-order valence-electron chi connectivity index (χ0n) is 41.0. The van der Waals surface area contributed by atoms with Crippen molar-refractivity contribution in [2.75, 3.05) is 0 Å². The van der Waals surface area contributed by atoms with E-state index in [1.807, 2.05) is 0 Å². The largest absolute Gasteiger partial charge is 0.326 e. The molecular formula is C57H75N7. The number of pyridine rings is 3. The molecule has 3 heterocycles. The maximum atomic E-state index is 6.74. The summed E-state index contributed by atoms with van der Waals surface area (Å²) in [6.07, 6.45) is 2.54. The molecule has 0 amide bonds. The van der Waals surface area contributed by atoms with Gasteiger partial charge in [-0.2, -0.15) is 0 Å². The summed E-state index contributed by atoms with van der Waals surface area (Å²) >= 11 is 0. The van der Waals surface area contributed by atoms with Gasteiger partial charge in [-0.15, -0.1) is 0 Å². The molecule has 0 bridgehead atoms. The Kier molecular flexibility index (Phi) is 16.1. The summed E-state index contributed by atoms with van der Waals surface area (Å²) in [5.74, 6) is 1.19. The number of hydrogen-bond donors (Lipinski definition) is 3. The second-order valence-corrected chi connectivity index (χ2v) is 19.6. The fraction of sp³-hybridized carbons (Fsp3) is 0.421.